The van der Waals surface area contributed by atoms with Gasteiger partial charge in [0, 0.05) is 0 Å². The summed E-state index contributed by atoms with van der Waals surface area (Å²) in [4.78, 5) is 0. The zero-order valence-electron chi connectivity index (χ0n) is 18.1. The molecule has 4 bridgehead atoms. The van der Waals surface area contributed by atoms with Crippen molar-refractivity contribution in [2.45, 2.75) is 80.5 Å². The highest BCUT2D eigenvalue weighted by Gasteiger charge is 2.58. The van der Waals surface area contributed by atoms with E-state index >= 15 is 0 Å². The Bertz CT molecular complexity index is 591. The molecule has 0 aromatic rings. The van der Waals surface area contributed by atoms with E-state index in [-0.39, 0.29) is 0 Å². The second-order valence-corrected chi connectivity index (χ2v) is 12.2. The van der Waals surface area contributed by atoms with Gasteiger partial charge in [0.25, 0.3) is 0 Å². The van der Waals surface area contributed by atoms with Crippen LogP contribution in [0.15, 0.2) is 23.1 Å². The van der Waals surface area contributed by atoms with Crippen molar-refractivity contribution < 1.29 is 0 Å². The van der Waals surface area contributed by atoms with E-state index in [0.717, 1.165) is 35.5 Å². The number of hydrogen-bond acceptors (Lipinski definition) is 0. The number of hydrogen-bond donors (Lipinski definition) is 0. The zero-order chi connectivity index (χ0) is 18.5. The van der Waals surface area contributed by atoms with Gasteiger partial charge in [-0.3, -0.25) is 0 Å². The lowest BCUT2D eigenvalue weighted by Gasteiger charge is -2.62. The van der Waals surface area contributed by atoms with E-state index in [1.807, 2.05) is 0 Å². The van der Waals surface area contributed by atoms with Crippen molar-refractivity contribution in [3.8, 4) is 0 Å². The van der Waals surface area contributed by atoms with Gasteiger partial charge in [0.2, 0.25) is 6.71 Å². The first-order valence-corrected chi connectivity index (χ1v) is 10.8. The van der Waals surface area contributed by atoms with Crippen molar-refractivity contribution in [3.05, 3.63) is 23.1 Å². The summed E-state index contributed by atoms with van der Waals surface area (Å²) in [5.74, 6) is 4.94. The normalized spacial score (nSPS) is 43.4. The first kappa shape index (κ1) is 17.9. The highest BCUT2D eigenvalue weighted by atomic mass is 14.6. The smallest absolute Gasteiger partial charge is 0.0959 e. The van der Waals surface area contributed by atoms with E-state index < -0.39 is 0 Å². The molecule has 0 amide bonds. The minimum absolute atomic E-state index is 0.321. The van der Waals surface area contributed by atoms with Crippen LogP contribution in [0.4, 0.5) is 0 Å². The lowest BCUT2D eigenvalue weighted by Crippen LogP contribution is -2.56. The minimum Gasteiger partial charge on any atom is -0.0959 e. The van der Waals surface area contributed by atoms with E-state index in [1.54, 1.807) is 10.9 Å². The van der Waals surface area contributed by atoms with Crippen LogP contribution >= 0.6 is 0 Å². The minimum atomic E-state index is 0.321. The summed E-state index contributed by atoms with van der Waals surface area (Å²) in [6.07, 6.45) is 8.34. The predicted molar refractivity (Wildman–Crippen MR) is 111 cm³/mol. The Balaban J connectivity index is 1.75. The standard InChI is InChI=1S/C24H39B/c1-14-18-10-16(23(18,6)7)12-20(14)25(22(3,4)5)21-13-17-11-19(15(21)2)24(17,8)9/h12-19H,10-11H2,1-9H3. The third-order valence-corrected chi connectivity index (χ3v) is 9.42. The maximum atomic E-state index is 2.74. The molecule has 6 atom stereocenters. The predicted octanol–water partition coefficient (Wildman–Crippen LogP) is 6.84. The molecule has 138 valence electrons. The Morgan fingerprint density at radius 3 is 1.40 bits per heavy atom. The van der Waals surface area contributed by atoms with Gasteiger partial charge in [-0.2, -0.15) is 0 Å². The fourth-order valence-corrected chi connectivity index (χ4v) is 7.40. The molecule has 0 aliphatic heterocycles. The molecular weight excluding hydrogens is 299 g/mol. The molecule has 1 heteroatoms. The summed E-state index contributed by atoms with van der Waals surface area (Å²) in [5.41, 5.74) is 4.65. The van der Waals surface area contributed by atoms with Gasteiger partial charge < -0.3 is 0 Å². The van der Waals surface area contributed by atoms with E-state index in [9.17, 15) is 0 Å². The molecule has 2 saturated carbocycles. The fraction of sp³-hybridized carbons (Fsp3) is 0.833. The summed E-state index contributed by atoms with van der Waals surface area (Å²) in [6, 6.07) is 0. The first-order valence-electron chi connectivity index (χ1n) is 10.8. The quantitative estimate of drug-likeness (QED) is 0.484. The van der Waals surface area contributed by atoms with Gasteiger partial charge in [-0.05, 0) is 59.2 Å². The first-order chi connectivity index (χ1) is 11.4. The topological polar surface area (TPSA) is 0 Å². The maximum Gasteiger partial charge on any atom is 0.204 e. The summed E-state index contributed by atoms with van der Waals surface area (Å²) < 4.78 is 0. The summed E-state index contributed by atoms with van der Waals surface area (Å²) in [7, 11) is 0. The lowest BCUT2D eigenvalue weighted by atomic mass is 9.20. The van der Waals surface area contributed by atoms with Crippen LogP contribution in [0.25, 0.3) is 0 Å². The Morgan fingerprint density at radius 2 is 1.16 bits per heavy atom. The highest BCUT2D eigenvalue weighted by molar-refractivity contribution is 6.76. The summed E-state index contributed by atoms with van der Waals surface area (Å²) in [6.45, 7) is 23.2. The molecule has 6 aliphatic rings. The molecule has 0 radical (unpaired) electrons. The van der Waals surface area contributed by atoms with Gasteiger partial charge >= 0.3 is 0 Å². The Hall–Kier alpha value is -0.455. The van der Waals surface area contributed by atoms with Crippen LogP contribution < -0.4 is 0 Å². The third kappa shape index (κ3) is 2.26. The third-order valence-electron chi connectivity index (χ3n) is 9.42. The zero-order valence-corrected chi connectivity index (χ0v) is 18.1. The van der Waals surface area contributed by atoms with Crippen LogP contribution in [0.1, 0.15) is 75.2 Å². The van der Waals surface area contributed by atoms with E-state index in [0.29, 0.717) is 22.9 Å². The molecule has 6 aliphatic carbocycles. The molecular formula is C24H39B. The SMILES string of the molecule is CC1C(B(C2=CC3CC(C2C)C3(C)C)C(C)(C)C)=CC2CC1C2(C)C. The van der Waals surface area contributed by atoms with Gasteiger partial charge in [0.05, 0.1) is 0 Å². The van der Waals surface area contributed by atoms with Crippen molar-refractivity contribution >= 4 is 6.71 Å². The van der Waals surface area contributed by atoms with E-state index in [4.69, 9.17) is 0 Å². The van der Waals surface area contributed by atoms with Crippen LogP contribution in [0.5, 0.6) is 0 Å². The van der Waals surface area contributed by atoms with Crippen molar-refractivity contribution in [3.63, 3.8) is 0 Å². The van der Waals surface area contributed by atoms with Gasteiger partial charge in [-0.25, -0.2) is 0 Å². The second-order valence-electron chi connectivity index (χ2n) is 12.2. The monoisotopic (exact) mass is 338 g/mol. The number of fused-ring (bicyclic) bond motifs is 2. The molecule has 0 aromatic carbocycles. The lowest BCUT2D eigenvalue weighted by molar-refractivity contribution is -0.0308. The molecule has 0 saturated heterocycles. The molecule has 0 nitrogen and oxygen atoms in total. The number of allylic oxidation sites excluding steroid dienone is 4. The Kier molecular flexibility index (Phi) is 3.64. The molecule has 0 spiro atoms. The maximum absolute atomic E-state index is 2.74. The van der Waals surface area contributed by atoms with Crippen molar-refractivity contribution in [2.24, 2.45) is 46.3 Å². The highest BCUT2D eigenvalue weighted by Crippen LogP contribution is 2.65. The van der Waals surface area contributed by atoms with Crippen molar-refractivity contribution in [2.75, 3.05) is 0 Å². The Labute approximate surface area is 157 Å². The largest absolute Gasteiger partial charge is 0.204 e. The average molecular weight is 338 g/mol. The Morgan fingerprint density at radius 1 is 0.800 bits per heavy atom. The molecule has 0 heterocycles. The van der Waals surface area contributed by atoms with Gasteiger partial charge in [-0.1, -0.05) is 90.7 Å². The molecule has 25 heavy (non-hydrogen) atoms. The van der Waals surface area contributed by atoms with Crippen LogP contribution in [-0.4, -0.2) is 6.71 Å². The van der Waals surface area contributed by atoms with Crippen LogP contribution in [0, 0.1) is 46.3 Å². The van der Waals surface area contributed by atoms with E-state index in [1.165, 1.54) is 12.8 Å². The number of rotatable bonds is 2. The van der Waals surface area contributed by atoms with Crippen LogP contribution in [-0.2, 0) is 0 Å². The molecule has 0 aromatic heterocycles. The van der Waals surface area contributed by atoms with Gasteiger partial charge in [-0.15, -0.1) is 0 Å². The molecule has 2 fully saturated rings. The summed E-state index contributed by atoms with van der Waals surface area (Å²) in [5, 5.41) is 0.321. The van der Waals surface area contributed by atoms with E-state index in [2.05, 4.69) is 74.5 Å². The van der Waals surface area contributed by atoms with Gasteiger partial charge in [0.15, 0.2) is 0 Å². The molecule has 6 rings (SSSR count). The fourth-order valence-electron chi connectivity index (χ4n) is 7.40. The van der Waals surface area contributed by atoms with Crippen LogP contribution in [0.2, 0.25) is 5.31 Å². The molecule has 6 unspecified atom stereocenters. The van der Waals surface area contributed by atoms with Gasteiger partial charge in [0.1, 0.15) is 0 Å². The van der Waals surface area contributed by atoms with Crippen molar-refractivity contribution in [1.82, 2.24) is 0 Å². The molecule has 0 N–H and O–H groups in total. The second kappa shape index (κ2) is 5.08. The average Bonchev–Trinajstić information content (AvgIpc) is 2.48. The van der Waals surface area contributed by atoms with Crippen LogP contribution in [0.3, 0.4) is 0 Å². The summed E-state index contributed by atoms with van der Waals surface area (Å²) >= 11 is 0. The van der Waals surface area contributed by atoms with Crippen molar-refractivity contribution in [1.29, 1.82) is 0 Å².